The molecule has 1 saturated carbocycles. The summed E-state index contributed by atoms with van der Waals surface area (Å²) in [6, 6.07) is 29.5. The first-order valence-electron chi connectivity index (χ1n) is 23.9. The molecule has 14 nitrogen and oxygen atoms in total. The van der Waals surface area contributed by atoms with E-state index in [0.717, 1.165) is 74.8 Å². The molecule has 0 spiro atoms. The number of phenols is 1. The Morgan fingerprint density at radius 2 is 1.60 bits per heavy atom. The summed E-state index contributed by atoms with van der Waals surface area (Å²) in [5.41, 5.74) is 3.59. The number of carbonyl (C=O) groups is 3. The van der Waals surface area contributed by atoms with E-state index in [2.05, 4.69) is 25.8 Å². The van der Waals surface area contributed by atoms with Crippen LogP contribution in [0.15, 0.2) is 108 Å². The highest BCUT2D eigenvalue weighted by atomic mass is 16.6. The van der Waals surface area contributed by atoms with Gasteiger partial charge in [-0.2, -0.15) is 0 Å². The number of aromatic hydroxyl groups is 1. The van der Waals surface area contributed by atoms with Gasteiger partial charge in [-0.15, -0.1) is 0 Å². The number of hydrogen-bond donors (Lipinski definition) is 6. The van der Waals surface area contributed by atoms with E-state index in [1.807, 2.05) is 66.7 Å². The number of carbonyl (C=O) groups excluding carboxylic acids is 3. The minimum absolute atomic E-state index is 0.0640. The number of nitrogens with one attached hydrogen (secondary N) is 4. The highest BCUT2D eigenvalue weighted by Crippen LogP contribution is 2.32. The van der Waals surface area contributed by atoms with Crippen LogP contribution in [0.5, 0.6) is 11.5 Å². The maximum absolute atomic E-state index is 13.6. The second kappa shape index (κ2) is 23.0. The molecule has 4 aliphatic rings. The largest absolute Gasteiger partial charge is 0.506 e. The van der Waals surface area contributed by atoms with E-state index in [0.29, 0.717) is 59.9 Å². The van der Waals surface area contributed by atoms with E-state index in [4.69, 9.17) is 14.2 Å². The van der Waals surface area contributed by atoms with E-state index in [1.165, 1.54) is 18.6 Å². The summed E-state index contributed by atoms with van der Waals surface area (Å²) in [5, 5.41) is 30.9. The van der Waals surface area contributed by atoms with Crippen molar-refractivity contribution in [1.29, 1.82) is 0 Å². The number of benzene rings is 4. The number of ether oxygens (including phenoxy) is 3. The maximum atomic E-state index is 13.6. The number of aliphatic hydroxyl groups excluding tert-OH is 1. The van der Waals surface area contributed by atoms with Gasteiger partial charge >= 0.3 is 12.1 Å². The zero-order valence-corrected chi connectivity index (χ0v) is 38.0. The molecule has 0 radical (unpaired) electrons. The molecule has 2 bridgehead atoms. The average molecular weight is 914 g/mol. The number of phenolic OH excluding ortho intramolecular Hbond substituents is 1. The van der Waals surface area contributed by atoms with Crippen molar-refractivity contribution in [3.8, 4) is 11.5 Å². The number of aromatic amines is 1. The number of H-pyrrole nitrogens is 1. The van der Waals surface area contributed by atoms with Gasteiger partial charge in [-0.05, 0) is 122 Å². The Labute approximate surface area is 391 Å². The van der Waals surface area contributed by atoms with Gasteiger partial charge < -0.3 is 45.4 Å². The second-order valence-electron chi connectivity index (χ2n) is 18.3. The summed E-state index contributed by atoms with van der Waals surface area (Å²) < 4.78 is 17.9. The predicted octanol–water partition coefficient (Wildman–Crippen LogP) is 7.44. The fourth-order valence-corrected chi connectivity index (χ4v) is 9.78. The summed E-state index contributed by atoms with van der Waals surface area (Å²) in [7, 11) is 0. The number of unbranched alkanes of at least 4 members (excludes halogenated alkanes) is 1. The number of alkyl carbamates (subject to hydrolysis) is 1. The fourth-order valence-electron chi connectivity index (χ4n) is 9.78. The molecule has 3 aliphatic heterocycles. The van der Waals surface area contributed by atoms with Crippen molar-refractivity contribution < 1.29 is 38.8 Å². The van der Waals surface area contributed by atoms with Crippen molar-refractivity contribution in [1.82, 2.24) is 25.8 Å². The summed E-state index contributed by atoms with van der Waals surface area (Å²) in [5.74, 6) is 0.512. The van der Waals surface area contributed by atoms with Crippen molar-refractivity contribution in [2.75, 3.05) is 39.3 Å². The van der Waals surface area contributed by atoms with Crippen LogP contribution in [0.1, 0.15) is 109 Å². The van der Waals surface area contributed by atoms with Gasteiger partial charge in [-0.1, -0.05) is 92.8 Å². The van der Waals surface area contributed by atoms with Crippen LogP contribution in [0, 0.1) is 11.8 Å². The van der Waals surface area contributed by atoms with Crippen LogP contribution in [0.4, 0.5) is 4.79 Å². The van der Waals surface area contributed by atoms with Gasteiger partial charge in [-0.3, -0.25) is 14.5 Å². The van der Waals surface area contributed by atoms with Gasteiger partial charge in [0.2, 0.25) is 5.56 Å². The molecule has 67 heavy (non-hydrogen) atoms. The number of esters is 1. The summed E-state index contributed by atoms with van der Waals surface area (Å²) >= 11 is 0. The lowest BCUT2D eigenvalue weighted by molar-refractivity contribution is -0.146. The lowest BCUT2D eigenvalue weighted by Crippen LogP contribution is -2.52. The molecular formula is C53H63N5O9. The maximum Gasteiger partial charge on any atom is 0.408 e. The Hall–Kier alpha value is -6.22. The van der Waals surface area contributed by atoms with Crippen molar-refractivity contribution in [2.45, 2.75) is 95.1 Å². The van der Waals surface area contributed by atoms with E-state index < -0.39 is 30.3 Å². The van der Waals surface area contributed by atoms with Crippen molar-refractivity contribution in [2.24, 2.45) is 11.8 Å². The molecule has 4 atom stereocenters. The number of amides is 2. The standard InChI is InChI=1S/C53H63N5O9/c59-45-22-20-42(43-21-23-48(61)56-50(43)45)46(60)32-54-26-7-8-29-65-52(63)44(30-35-10-3-1-4-11-35)55-51(62)39-18-16-36(17-19-39)34-66-41-15-9-14-40(31-41)49(38-12-5-2-6-13-38)57-53(64)67-47-33-58-27-24-37(47)25-28-58/h2,5-6,9,12-23,31,35,37,44,46-47,49,54,59-60H,1,3-4,7-8,10-11,24-30,32-34H2,(H,55,62)(H,56,61)(H,57,64)/t44?,46-,47+,49?/m1/s1. The van der Waals surface area contributed by atoms with E-state index in [-0.39, 0.29) is 48.6 Å². The Balaban J connectivity index is 0.809. The number of aliphatic hydroxyl groups is 1. The molecule has 2 amide bonds. The van der Waals surface area contributed by atoms with Gasteiger partial charge in [0.05, 0.1) is 24.3 Å². The van der Waals surface area contributed by atoms with Crippen LogP contribution in [0.2, 0.25) is 0 Å². The Bertz CT molecular complexity index is 2480. The zero-order chi connectivity index (χ0) is 46.5. The third-order valence-corrected chi connectivity index (χ3v) is 13.5. The quantitative estimate of drug-likeness (QED) is 0.0336. The average Bonchev–Trinajstić information content (AvgIpc) is 3.35. The van der Waals surface area contributed by atoms with Crippen LogP contribution in [-0.2, 0) is 20.9 Å². The lowest BCUT2D eigenvalue weighted by atomic mass is 9.84. The molecule has 2 unspecified atom stereocenters. The number of pyridine rings is 1. The molecular weight excluding hydrogens is 851 g/mol. The molecule has 9 rings (SSSR count). The van der Waals surface area contributed by atoms with Gasteiger partial charge in [0, 0.05) is 30.1 Å². The smallest absolute Gasteiger partial charge is 0.408 e. The predicted molar refractivity (Wildman–Crippen MR) is 255 cm³/mol. The molecule has 1 aromatic heterocycles. The highest BCUT2D eigenvalue weighted by molar-refractivity contribution is 5.96. The van der Waals surface area contributed by atoms with E-state index >= 15 is 0 Å². The number of nitrogens with zero attached hydrogens (tertiary/aromatic N) is 1. The van der Waals surface area contributed by atoms with Crippen LogP contribution in [0.25, 0.3) is 10.9 Å². The molecule has 4 aromatic carbocycles. The first-order valence-corrected chi connectivity index (χ1v) is 23.9. The molecule has 354 valence electrons. The second-order valence-corrected chi connectivity index (χ2v) is 18.3. The van der Waals surface area contributed by atoms with Gasteiger partial charge in [0.15, 0.2) is 0 Å². The third-order valence-electron chi connectivity index (χ3n) is 13.5. The first-order chi connectivity index (χ1) is 32.7. The topological polar surface area (TPSA) is 192 Å². The number of rotatable bonds is 20. The highest BCUT2D eigenvalue weighted by Gasteiger charge is 2.37. The fraction of sp³-hybridized carbons (Fsp3) is 0.434. The van der Waals surface area contributed by atoms with E-state index in [1.54, 1.807) is 24.3 Å². The normalized spacial score (nSPS) is 19.5. The Morgan fingerprint density at radius 1 is 0.821 bits per heavy atom. The van der Waals surface area contributed by atoms with Crippen LogP contribution >= 0.6 is 0 Å². The van der Waals surface area contributed by atoms with Crippen LogP contribution in [0.3, 0.4) is 0 Å². The van der Waals surface area contributed by atoms with Gasteiger partial charge in [0.1, 0.15) is 30.3 Å². The van der Waals surface area contributed by atoms with Crippen molar-refractivity contribution in [3.63, 3.8) is 0 Å². The monoisotopic (exact) mass is 913 g/mol. The van der Waals surface area contributed by atoms with Gasteiger partial charge in [-0.25, -0.2) is 9.59 Å². The minimum atomic E-state index is -0.870. The van der Waals surface area contributed by atoms with Crippen molar-refractivity contribution in [3.05, 3.63) is 141 Å². The Morgan fingerprint density at radius 3 is 2.36 bits per heavy atom. The molecule has 6 N–H and O–H groups in total. The molecule has 5 aromatic rings. The summed E-state index contributed by atoms with van der Waals surface area (Å²) in [6.45, 7) is 4.20. The summed E-state index contributed by atoms with van der Waals surface area (Å²) in [6.07, 6.45) is 7.94. The SMILES string of the molecule is O=C(NC(c1ccccc1)c1cccc(OCc2ccc(C(=O)NC(CC3CCCCC3)C(=O)OCCCCNC[C@@H](O)c3ccc(O)c4[nH]c(=O)ccc34)cc2)c1)O[C@H]1CN2CCC1CC2. The van der Waals surface area contributed by atoms with Gasteiger partial charge in [0.25, 0.3) is 5.91 Å². The number of aromatic nitrogens is 1. The number of piperidine rings is 3. The third kappa shape index (κ3) is 12.8. The lowest BCUT2D eigenvalue weighted by Gasteiger charge is -2.43. The zero-order valence-electron chi connectivity index (χ0n) is 38.0. The minimum Gasteiger partial charge on any atom is -0.506 e. The van der Waals surface area contributed by atoms with Crippen LogP contribution in [-0.4, -0.2) is 89.5 Å². The molecule has 1 aliphatic carbocycles. The molecule has 14 heteroatoms. The molecule has 3 saturated heterocycles. The molecule has 4 fully saturated rings. The summed E-state index contributed by atoms with van der Waals surface area (Å²) in [4.78, 5) is 57.1. The van der Waals surface area contributed by atoms with Crippen molar-refractivity contribution >= 4 is 28.9 Å². The number of hydrogen-bond acceptors (Lipinski definition) is 11. The number of fused-ring (bicyclic) bond motifs is 4. The van der Waals surface area contributed by atoms with Crippen LogP contribution < -0.4 is 26.2 Å². The Kier molecular flexibility index (Phi) is 16.2. The van der Waals surface area contributed by atoms with E-state index in [9.17, 15) is 29.4 Å². The molecule has 4 heterocycles. The first kappa shape index (κ1) is 47.3.